The quantitative estimate of drug-likeness (QED) is 0.255. The molecule has 0 saturated carbocycles. The molecule has 0 atom stereocenters. The van der Waals surface area contributed by atoms with Crippen LogP contribution >= 0.6 is 35.3 Å². The lowest BCUT2D eigenvalue weighted by atomic mass is 10.2. The Hall–Kier alpha value is -2.14. The topological polar surface area (TPSA) is 87.2 Å². The Morgan fingerprint density at radius 2 is 2.00 bits per heavy atom. The van der Waals surface area contributed by atoms with Crippen LogP contribution in [0.4, 0.5) is 0 Å². The first-order valence-electron chi connectivity index (χ1n) is 8.80. The molecule has 0 radical (unpaired) electrons. The van der Waals surface area contributed by atoms with Crippen LogP contribution in [0.2, 0.25) is 0 Å². The molecule has 3 aromatic rings. The molecule has 3 rings (SSSR count). The van der Waals surface area contributed by atoms with Crippen molar-refractivity contribution in [1.82, 2.24) is 25.8 Å². The molecule has 0 spiro atoms. The number of nitrogens with zero attached hydrogens (tertiary/aromatic N) is 3. The number of methoxy groups -OCH3 is 1. The summed E-state index contributed by atoms with van der Waals surface area (Å²) in [4.78, 5) is 10.4. The molecule has 2 heterocycles. The normalized spacial score (nSPS) is 11.0. The van der Waals surface area contributed by atoms with Crippen LogP contribution in [0, 0.1) is 6.92 Å². The van der Waals surface area contributed by atoms with Gasteiger partial charge in [-0.25, -0.2) is 9.98 Å². The number of H-pyrrole nitrogens is 1. The highest BCUT2D eigenvalue weighted by atomic mass is 127. The minimum absolute atomic E-state index is 0. The molecule has 9 heteroatoms. The van der Waals surface area contributed by atoms with E-state index >= 15 is 0 Å². The van der Waals surface area contributed by atoms with Crippen molar-refractivity contribution in [3.63, 3.8) is 0 Å². The van der Waals surface area contributed by atoms with Gasteiger partial charge in [0.25, 0.3) is 0 Å². The predicted octanol–water partition coefficient (Wildman–Crippen LogP) is 3.72. The molecule has 2 aromatic heterocycles. The maximum atomic E-state index is 5.18. The maximum absolute atomic E-state index is 5.18. The fourth-order valence-electron chi connectivity index (χ4n) is 2.48. The monoisotopic (exact) mass is 512 g/mol. The number of thiophene rings is 1. The molecule has 150 valence electrons. The first-order valence-corrected chi connectivity index (χ1v) is 9.68. The third kappa shape index (κ3) is 5.93. The third-order valence-electron chi connectivity index (χ3n) is 4.00. The van der Waals surface area contributed by atoms with Gasteiger partial charge in [-0.1, -0.05) is 0 Å². The zero-order valence-corrected chi connectivity index (χ0v) is 19.3. The minimum atomic E-state index is 0. The fraction of sp³-hybridized carbons (Fsp3) is 0.316. The largest absolute Gasteiger partial charge is 0.497 e. The van der Waals surface area contributed by atoms with E-state index in [0.717, 1.165) is 30.4 Å². The third-order valence-corrected chi connectivity index (χ3v) is 5.02. The molecule has 7 nitrogen and oxygen atoms in total. The number of hydrogen-bond donors (Lipinski definition) is 3. The Bertz CT molecular complexity index is 890. The molecule has 0 amide bonds. The molecular formula is C19H25IN6OS. The van der Waals surface area contributed by atoms with Gasteiger partial charge in [-0.2, -0.15) is 5.10 Å². The van der Waals surface area contributed by atoms with Crippen LogP contribution in [0.5, 0.6) is 5.75 Å². The van der Waals surface area contributed by atoms with Crippen LogP contribution in [0.15, 0.2) is 40.7 Å². The van der Waals surface area contributed by atoms with Gasteiger partial charge in [0.05, 0.1) is 13.7 Å². The zero-order valence-electron chi connectivity index (χ0n) is 16.2. The Morgan fingerprint density at radius 3 is 2.64 bits per heavy atom. The standard InChI is InChI=1S/C19H24N6OS.HI/c1-4-20-19(21-11-16-13(2)9-10-27-16)22-12-17-23-18(25-24-17)14-5-7-15(26-3)8-6-14;/h5-10H,4,11-12H2,1-3H3,(H2,20,21,22)(H,23,24,25);1H. The van der Waals surface area contributed by atoms with E-state index in [9.17, 15) is 0 Å². The van der Waals surface area contributed by atoms with Gasteiger partial charge in [0.2, 0.25) is 0 Å². The number of aryl methyl sites for hydroxylation is 1. The van der Waals surface area contributed by atoms with Crippen molar-refractivity contribution in [1.29, 1.82) is 0 Å². The summed E-state index contributed by atoms with van der Waals surface area (Å²) in [6, 6.07) is 9.78. The number of aromatic amines is 1. The van der Waals surface area contributed by atoms with Crippen molar-refractivity contribution in [2.45, 2.75) is 26.9 Å². The molecule has 0 bridgehead atoms. The van der Waals surface area contributed by atoms with Gasteiger partial charge in [-0.3, -0.25) is 5.10 Å². The van der Waals surface area contributed by atoms with Crippen molar-refractivity contribution < 1.29 is 4.74 Å². The number of aromatic nitrogens is 3. The molecule has 3 N–H and O–H groups in total. The summed E-state index contributed by atoms with van der Waals surface area (Å²) in [5.41, 5.74) is 2.23. The summed E-state index contributed by atoms with van der Waals surface area (Å²) >= 11 is 1.74. The Labute approximate surface area is 186 Å². The second-order valence-electron chi connectivity index (χ2n) is 5.91. The summed E-state index contributed by atoms with van der Waals surface area (Å²) in [5.74, 6) is 2.93. The van der Waals surface area contributed by atoms with E-state index in [1.54, 1.807) is 18.4 Å². The SMILES string of the molecule is CCNC(=NCc1nc(-c2ccc(OC)cc2)n[nH]1)NCc1sccc1C.I. The van der Waals surface area contributed by atoms with E-state index in [-0.39, 0.29) is 24.0 Å². The van der Waals surface area contributed by atoms with Gasteiger partial charge >= 0.3 is 0 Å². The van der Waals surface area contributed by atoms with Crippen LogP contribution in [-0.2, 0) is 13.1 Å². The average molecular weight is 512 g/mol. The summed E-state index contributed by atoms with van der Waals surface area (Å²) in [6.07, 6.45) is 0. The predicted molar refractivity (Wildman–Crippen MR) is 124 cm³/mol. The molecule has 0 aliphatic rings. The summed E-state index contributed by atoms with van der Waals surface area (Å²) in [6.45, 7) is 6.13. The summed E-state index contributed by atoms with van der Waals surface area (Å²) < 4.78 is 5.18. The van der Waals surface area contributed by atoms with Gasteiger partial charge in [-0.05, 0) is 55.1 Å². The molecule has 0 aliphatic carbocycles. The van der Waals surface area contributed by atoms with E-state index in [0.29, 0.717) is 18.2 Å². The first-order chi connectivity index (χ1) is 13.2. The number of aliphatic imine (C=N–C) groups is 1. The van der Waals surface area contributed by atoms with E-state index in [1.165, 1.54) is 10.4 Å². The van der Waals surface area contributed by atoms with E-state index in [2.05, 4.69) is 49.2 Å². The van der Waals surface area contributed by atoms with Crippen LogP contribution in [0.25, 0.3) is 11.4 Å². The average Bonchev–Trinajstić information content (AvgIpc) is 3.33. The van der Waals surface area contributed by atoms with E-state index < -0.39 is 0 Å². The van der Waals surface area contributed by atoms with Gasteiger partial charge in [0.15, 0.2) is 11.8 Å². The number of guanidine groups is 1. The van der Waals surface area contributed by atoms with Crippen molar-refractivity contribution in [2.75, 3.05) is 13.7 Å². The van der Waals surface area contributed by atoms with E-state index in [4.69, 9.17) is 4.74 Å². The Balaban J connectivity index is 0.00000280. The second kappa shape index (κ2) is 11.0. The molecule has 0 fully saturated rings. The summed E-state index contributed by atoms with van der Waals surface area (Å²) in [7, 11) is 1.65. The molecule has 1 aromatic carbocycles. The number of halogens is 1. The molecule has 0 saturated heterocycles. The molecule has 0 unspecified atom stereocenters. The highest BCUT2D eigenvalue weighted by Crippen LogP contribution is 2.19. The first kappa shape index (κ1) is 22.2. The zero-order chi connectivity index (χ0) is 19.1. The second-order valence-corrected chi connectivity index (χ2v) is 6.91. The van der Waals surface area contributed by atoms with Crippen molar-refractivity contribution >= 4 is 41.3 Å². The number of rotatable bonds is 7. The van der Waals surface area contributed by atoms with Crippen LogP contribution < -0.4 is 15.4 Å². The summed E-state index contributed by atoms with van der Waals surface area (Å²) in [5, 5.41) is 15.9. The Morgan fingerprint density at radius 1 is 1.21 bits per heavy atom. The highest BCUT2D eigenvalue weighted by Gasteiger charge is 2.07. The lowest BCUT2D eigenvalue weighted by Crippen LogP contribution is -2.36. The van der Waals surface area contributed by atoms with Crippen molar-refractivity contribution in [3.8, 4) is 17.1 Å². The number of benzene rings is 1. The van der Waals surface area contributed by atoms with Crippen LogP contribution in [0.3, 0.4) is 0 Å². The van der Waals surface area contributed by atoms with E-state index in [1.807, 2.05) is 31.2 Å². The lowest BCUT2D eigenvalue weighted by Gasteiger charge is -2.10. The van der Waals surface area contributed by atoms with Gasteiger partial charge < -0.3 is 15.4 Å². The number of hydrogen-bond acceptors (Lipinski definition) is 5. The minimum Gasteiger partial charge on any atom is -0.497 e. The number of nitrogens with one attached hydrogen (secondary N) is 3. The molecular weight excluding hydrogens is 487 g/mol. The van der Waals surface area contributed by atoms with Crippen molar-refractivity contribution in [2.24, 2.45) is 4.99 Å². The van der Waals surface area contributed by atoms with Gasteiger partial charge in [0, 0.05) is 17.0 Å². The van der Waals surface area contributed by atoms with Crippen LogP contribution in [0.1, 0.15) is 23.2 Å². The maximum Gasteiger partial charge on any atom is 0.191 e. The smallest absolute Gasteiger partial charge is 0.191 e. The molecule has 0 aliphatic heterocycles. The molecule has 28 heavy (non-hydrogen) atoms. The van der Waals surface area contributed by atoms with Gasteiger partial charge in [0.1, 0.15) is 18.1 Å². The highest BCUT2D eigenvalue weighted by molar-refractivity contribution is 14.0. The lowest BCUT2D eigenvalue weighted by molar-refractivity contribution is 0.415. The van der Waals surface area contributed by atoms with Crippen molar-refractivity contribution in [3.05, 3.63) is 52.0 Å². The number of ether oxygens (including phenoxy) is 1. The fourth-order valence-corrected chi connectivity index (χ4v) is 3.33. The van der Waals surface area contributed by atoms with Crippen LogP contribution in [-0.4, -0.2) is 34.8 Å². The van der Waals surface area contributed by atoms with Gasteiger partial charge in [-0.15, -0.1) is 35.3 Å². The Kier molecular flexibility index (Phi) is 8.71.